The van der Waals surface area contributed by atoms with Crippen LogP contribution in [-0.4, -0.2) is 18.5 Å². The van der Waals surface area contributed by atoms with Crippen molar-refractivity contribution in [2.75, 3.05) is 0 Å². The van der Waals surface area contributed by atoms with Crippen molar-refractivity contribution in [2.24, 2.45) is 0 Å². The van der Waals surface area contributed by atoms with Gasteiger partial charge in [-0.3, -0.25) is 4.98 Å². The van der Waals surface area contributed by atoms with Gasteiger partial charge in [0.25, 0.3) is 0 Å². The number of aromatic nitrogens is 1. The Morgan fingerprint density at radius 3 is 2.43 bits per heavy atom. The number of phenols is 1. The molecule has 0 bridgehead atoms. The van der Waals surface area contributed by atoms with E-state index in [-0.39, 0.29) is 21.1 Å². The Hall–Kier alpha value is -2.11. The van der Waals surface area contributed by atoms with Gasteiger partial charge >= 0.3 is 0 Å². The van der Waals surface area contributed by atoms with Crippen LogP contribution in [0.3, 0.4) is 0 Å². The molecule has 0 spiro atoms. The van der Waals surface area contributed by atoms with Gasteiger partial charge in [-0.15, -0.1) is 0 Å². The average Bonchev–Trinajstić information content (AvgIpc) is 2.48. The number of phenolic OH excluding ortho intramolecular Hbond substituents is 1. The molecule has 3 aromatic rings. The average molecular weight is 320 g/mol. The summed E-state index contributed by atoms with van der Waals surface area (Å²) in [6.07, 6.45) is 1.50. The van der Waals surface area contributed by atoms with E-state index in [0.717, 1.165) is 0 Å². The summed E-state index contributed by atoms with van der Waals surface area (Å²) in [6.45, 7) is 0. The van der Waals surface area contributed by atoms with Crippen molar-refractivity contribution in [3.8, 4) is 5.75 Å². The van der Waals surface area contributed by atoms with Gasteiger partial charge in [0.15, 0.2) is 5.75 Å². The standard InChI is InChI=1S/C15H10ClNO3S/c16-11-4-6-12(7-5-11)21(19,20)13-8-3-10-2-1-9-17-14(10)15(13)18/h1-9,18H. The van der Waals surface area contributed by atoms with Gasteiger partial charge in [0.05, 0.1) is 4.90 Å². The largest absolute Gasteiger partial charge is 0.504 e. The molecule has 1 N–H and O–H groups in total. The zero-order valence-corrected chi connectivity index (χ0v) is 12.3. The minimum atomic E-state index is -3.83. The highest BCUT2D eigenvalue weighted by atomic mass is 35.5. The molecule has 0 saturated heterocycles. The van der Waals surface area contributed by atoms with E-state index in [0.29, 0.717) is 10.4 Å². The first-order valence-corrected chi connectivity index (χ1v) is 7.93. The summed E-state index contributed by atoms with van der Waals surface area (Å²) in [5.74, 6) is -0.344. The van der Waals surface area contributed by atoms with Gasteiger partial charge in [0.1, 0.15) is 10.4 Å². The molecule has 0 amide bonds. The van der Waals surface area contributed by atoms with Crippen LogP contribution in [0.15, 0.2) is 64.5 Å². The predicted molar refractivity (Wildman–Crippen MR) is 80.3 cm³/mol. The van der Waals surface area contributed by atoms with E-state index < -0.39 is 9.84 Å². The summed E-state index contributed by atoms with van der Waals surface area (Å²) in [4.78, 5) is 3.92. The molecular formula is C15H10ClNO3S. The van der Waals surface area contributed by atoms with Gasteiger partial charge in [-0.05, 0) is 36.4 Å². The highest BCUT2D eigenvalue weighted by molar-refractivity contribution is 7.91. The Balaban J connectivity index is 2.24. The third-order valence-corrected chi connectivity index (χ3v) is 5.18. The Morgan fingerprint density at radius 1 is 1.00 bits per heavy atom. The topological polar surface area (TPSA) is 67.3 Å². The number of hydrogen-bond donors (Lipinski definition) is 1. The van der Waals surface area contributed by atoms with Crippen molar-refractivity contribution < 1.29 is 13.5 Å². The first-order chi connectivity index (χ1) is 10.00. The molecule has 0 aliphatic rings. The van der Waals surface area contributed by atoms with Gasteiger partial charge in [-0.25, -0.2) is 8.42 Å². The van der Waals surface area contributed by atoms with Crippen molar-refractivity contribution in [1.82, 2.24) is 4.98 Å². The summed E-state index contributed by atoms with van der Waals surface area (Å²) < 4.78 is 25.2. The van der Waals surface area contributed by atoms with Crippen molar-refractivity contribution in [3.05, 3.63) is 59.8 Å². The van der Waals surface area contributed by atoms with E-state index >= 15 is 0 Å². The van der Waals surface area contributed by atoms with Crippen LogP contribution >= 0.6 is 11.6 Å². The second-order valence-electron chi connectivity index (χ2n) is 4.44. The number of rotatable bonds is 2. The minimum Gasteiger partial charge on any atom is -0.504 e. The summed E-state index contributed by atoms with van der Waals surface area (Å²) in [5.41, 5.74) is 0.257. The molecule has 6 heteroatoms. The SMILES string of the molecule is O=S(=O)(c1ccc(Cl)cc1)c1ccc2cccnc2c1O. The normalized spacial score (nSPS) is 11.7. The van der Waals surface area contributed by atoms with E-state index in [1.54, 1.807) is 18.2 Å². The van der Waals surface area contributed by atoms with E-state index in [1.165, 1.54) is 36.5 Å². The third kappa shape index (κ3) is 2.34. The number of benzene rings is 2. The lowest BCUT2D eigenvalue weighted by atomic mass is 10.2. The van der Waals surface area contributed by atoms with Gasteiger partial charge in [-0.1, -0.05) is 23.7 Å². The van der Waals surface area contributed by atoms with Crippen LogP contribution in [0.4, 0.5) is 0 Å². The molecule has 0 fully saturated rings. The summed E-state index contributed by atoms with van der Waals surface area (Å²) in [7, 11) is -3.83. The molecule has 4 nitrogen and oxygen atoms in total. The monoisotopic (exact) mass is 319 g/mol. The number of nitrogens with zero attached hydrogens (tertiary/aromatic N) is 1. The molecule has 106 valence electrons. The Bertz CT molecular complexity index is 921. The van der Waals surface area contributed by atoms with E-state index in [9.17, 15) is 13.5 Å². The molecule has 0 aliphatic carbocycles. The second kappa shape index (κ2) is 5.02. The van der Waals surface area contributed by atoms with E-state index in [2.05, 4.69) is 4.98 Å². The van der Waals surface area contributed by atoms with Gasteiger partial charge < -0.3 is 5.11 Å². The van der Waals surface area contributed by atoms with Crippen LogP contribution < -0.4 is 0 Å². The van der Waals surface area contributed by atoms with Crippen LogP contribution in [0.25, 0.3) is 10.9 Å². The first-order valence-electron chi connectivity index (χ1n) is 6.07. The fraction of sp³-hybridized carbons (Fsp3) is 0. The Labute approximate surface area is 126 Å². The lowest BCUT2D eigenvalue weighted by Gasteiger charge is -2.08. The van der Waals surface area contributed by atoms with Crippen LogP contribution in [0.1, 0.15) is 0 Å². The Morgan fingerprint density at radius 2 is 1.71 bits per heavy atom. The minimum absolute atomic E-state index is 0.0671. The fourth-order valence-electron chi connectivity index (χ4n) is 2.07. The molecule has 2 aromatic carbocycles. The number of halogens is 1. The second-order valence-corrected chi connectivity index (χ2v) is 6.80. The molecule has 1 heterocycles. The van der Waals surface area contributed by atoms with Crippen molar-refractivity contribution in [2.45, 2.75) is 9.79 Å². The maximum absolute atomic E-state index is 12.6. The summed E-state index contributed by atoms with van der Waals surface area (Å²) in [6, 6.07) is 12.2. The van der Waals surface area contributed by atoms with Gasteiger partial charge in [0.2, 0.25) is 9.84 Å². The maximum Gasteiger partial charge on any atom is 0.210 e. The van der Waals surface area contributed by atoms with Crippen molar-refractivity contribution in [3.63, 3.8) is 0 Å². The van der Waals surface area contributed by atoms with Gasteiger partial charge in [0, 0.05) is 16.6 Å². The molecule has 0 aliphatic heterocycles. The van der Waals surface area contributed by atoms with E-state index in [1.807, 2.05) is 0 Å². The molecule has 0 unspecified atom stereocenters. The van der Waals surface area contributed by atoms with Crippen LogP contribution in [0.2, 0.25) is 5.02 Å². The van der Waals surface area contributed by atoms with Crippen LogP contribution in [0.5, 0.6) is 5.75 Å². The quantitative estimate of drug-likeness (QED) is 0.786. The van der Waals surface area contributed by atoms with Gasteiger partial charge in [-0.2, -0.15) is 0 Å². The molecule has 0 atom stereocenters. The Kier molecular flexibility index (Phi) is 3.31. The predicted octanol–water partition coefficient (Wildman–Crippen LogP) is 3.43. The zero-order chi connectivity index (χ0) is 15.0. The van der Waals surface area contributed by atoms with Crippen LogP contribution in [-0.2, 0) is 9.84 Å². The maximum atomic E-state index is 12.6. The summed E-state index contributed by atoms with van der Waals surface area (Å²) >= 11 is 5.76. The smallest absolute Gasteiger partial charge is 0.210 e. The number of fused-ring (bicyclic) bond motifs is 1. The number of hydrogen-bond acceptors (Lipinski definition) is 4. The number of pyridine rings is 1. The lowest BCUT2D eigenvalue weighted by molar-refractivity contribution is 0.464. The molecule has 3 rings (SSSR count). The molecule has 0 saturated carbocycles. The molecular weight excluding hydrogens is 310 g/mol. The number of aromatic hydroxyl groups is 1. The zero-order valence-electron chi connectivity index (χ0n) is 10.7. The van der Waals surface area contributed by atoms with Crippen molar-refractivity contribution >= 4 is 32.3 Å². The number of sulfone groups is 1. The highest BCUT2D eigenvalue weighted by Crippen LogP contribution is 2.34. The molecule has 1 aromatic heterocycles. The fourth-order valence-corrected chi connectivity index (χ4v) is 3.54. The lowest BCUT2D eigenvalue weighted by Crippen LogP contribution is -2.02. The molecule has 21 heavy (non-hydrogen) atoms. The van der Waals surface area contributed by atoms with Crippen molar-refractivity contribution in [1.29, 1.82) is 0 Å². The highest BCUT2D eigenvalue weighted by Gasteiger charge is 2.23. The molecule has 0 radical (unpaired) electrons. The first kappa shape index (κ1) is 13.9. The third-order valence-electron chi connectivity index (χ3n) is 3.12. The van der Waals surface area contributed by atoms with Crippen LogP contribution in [0, 0.1) is 0 Å². The summed E-state index contributed by atoms with van der Waals surface area (Å²) in [5, 5.41) is 11.3. The van der Waals surface area contributed by atoms with E-state index in [4.69, 9.17) is 11.6 Å².